The lowest BCUT2D eigenvalue weighted by molar-refractivity contribution is 0.446. The van der Waals surface area contributed by atoms with Gasteiger partial charge in [-0.15, -0.1) is 0 Å². The SMILES string of the molecule is C[C@H](Cc1ccc(O)cc1)NC[C@@H](C)c1cc(O)cc(O)c1. The molecule has 4 heteroatoms. The third-order valence-corrected chi connectivity index (χ3v) is 3.74. The van der Waals surface area contributed by atoms with Gasteiger partial charge in [0.15, 0.2) is 0 Å². The van der Waals surface area contributed by atoms with Gasteiger partial charge in [-0.2, -0.15) is 0 Å². The standard InChI is InChI=1S/C18H23NO3/c1-12(15-8-17(21)10-18(22)9-15)11-19-13(2)7-14-3-5-16(20)6-4-14/h3-6,8-10,12-13,19-22H,7,11H2,1-2H3/t12-,13-/m1/s1. The van der Waals surface area contributed by atoms with Gasteiger partial charge < -0.3 is 20.6 Å². The van der Waals surface area contributed by atoms with Crippen LogP contribution >= 0.6 is 0 Å². The highest BCUT2D eigenvalue weighted by Gasteiger charge is 2.10. The van der Waals surface area contributed by atoms with Crippen molar-refractivity contribution in [1.82, 2.24) is 5.32 Å². The second-order valence-corrected chi connectivity index (χ2v) is 5.86. The molecule has 0 amide bonds. The van der Waals surface area contributed by atoms with E-state index in [-0.39, 0.29) is 29.2 Å². The number of phenols is 3. The first-order chi connectivity index (χ1) is 10.4. The van der Waals surface area contributed by atoms with Crippen molar-refractivity contribution in [2.45, 2.75) is 32.2 Å². The van der Waals surface area contributed by atoms with Crippen LogP contribution in [0, 0.1) is 0 Å². The van der Waals surface area contributed by atoms with Gasteiger partial charge in [-0.3, -0.25) is 0 Å². The second-order valence-electron chi connectivity index (χ2n) is 5.86. The number of benzene rings is 2. The Hall–Kier alpha value is -2.20. The van der Waals surface area contributed by atoms with E-state index in [0.717, 1.165) is 18.5 Å². The Bertz CT molecular complexity index is 590. The van der Waals surface area contributed by atoms with Gasteiger partial charge >= 0.3 is 0 Å². The molecule has 0 saturated carbocycles. The van der Waals surface area contributed by atoms with Crippen molar-refractivity contribution in [2.75, 3.05) is 6.54 Å². The number of hydrogen-bond acceptors (Lipinski definition) is 4. The summed E-state index contributed by atoms with van der Waals surface area (Å²) in [5, 5.41) is 31.8. The number of hydrogen-bond donors (Lipinski definition) is 4. The Morgan fingerprint density at radius 2 is 1.45 bits per heavy atom. The normalized spacial score (nSPS) is 13.7. The number of rotatable bonds is 6. The third kappa shape index (κ3) is 4.67. The number of aromatic hydroxyl groups is 3. The molecule has 2 aromatic rings. The molecule has 0 spiro atoms. The maximum Gasteiger partial charge on any atom is 0.119 e. The van der Waals surface area contributed by atoms with Crippen molar-refractivity contribution < 1.29 is 15.3 Å². The van der Waals surface area contributed by atoms with Crippen LogP contribution in [0.25, 0.3) is 0 Å². The summed E-state index contributed by atoms with van der Waals surface area (Å²) < 4.78 is 0. The monoisotopic (exact) mass is 301 g/mol. The van der Waals surface area contributed by atoms with Crippen LogP contribution in [0.1, 0.15) is 30.9 Å². The molecule has 0 aliphatic carbocycles. The van der Waals surface area contributed by atoms with Crippen molar-refractivity contribution >= 4 is 0 Å². The van der Waals surface area contributed by atoms with Crippen LogP contribution in [0.15, 0.2) is 42.5 Å². The molecule has 2 atom stereocenters. The molecule has 2 rings (SSSR count). The minimum Gasteiger partial charge on any atom is -0.508 e. The average Bonchev–Trinajstić information content (AvgIpc) is 2.46. The Labute approximate surface area is 131 Å². The molecule has 0 heterocycles. The highest BCUT2D eigenvalue weighted by molar-refractivity contribution is 5.38. The molecule has 0 saturated heterocycles. The van der Waals surface area contributed by atoms with Gasteiger partial charge in [0.05, 0.1) is 0 Å². The largest absolute Gasteiger partial charge is 0.508 e. The minimum atomic E-state index is 0.0824. The smallest absolute Gasteiger partial charge is 0.119 e. The van der Waals surface area contributed by atoms with Crippen molar-refractivity contribution in [3.05, 3.63) is 53.6 Å². The minimum absolute atomic E-state index is 0.0824. The Morgan fingerprint density at radius 3 is 2.05 bits per heavy atom. The van der Waals surface area contributed by atoms with Crippen LogP contribution < -0.4 is 5.32 Å². The molecular formula is C18H23NO3. The van der Waals surface area contributed by atoms with Crippen molar-refractivity contribution in [3.63, 3.8) is 0 Å². The number of nitrogens with one attached hydrogen (secondary N) is 1. The van der Waals surface area contributed by atoms with E-state index in [2.05, 4.69) is 19.2 Å². The van der Waals surface area contributed by atoms with Gasteiger partial charge in [-0.05, 0) is 54.7 Å². The van der Waals surface area contributed by atoms with Gasteiger partial charge in [-0.1, -0.05) is 19.1 Å². The zero-order valence-electron chi connectivity index (χ0n) is 13.0. The van der Waals surface area contributed by atoms with Gasteiger partial charge in [-0.25, -0.2) is 0 Å². The summed E-state index contributed by atoms with van der Waals surface area (Å²) in [6, 6.07) is 12.2. The third-order valence-electron chi connectivity index (χ3n) is 3.74. The lowest BCUT2D eigenvalue weighted by atomic mass is 9.99. The van der Waals surface area contributed by atoms with E-state index in [1.807, 2.05) is 12.1 Å². The van der Waals surface area contributed by atoms with Gasteiger partial charge in [0, 0.05) is 18.7 Å². The van der Waals surface area contributed by atoms with E-state index in [4.69, 9.17) is 0 Å². The topological polar surface area (TPSA) is 72.7 Å². The zero-order valence-corrected chi connectivity index (χ0v) is 13.0. The number of phenolic OH excluding ortho intramolecular Hbond substituents is 3. The fourth-order valence-electron chi connectivity index (χ4n) is 2.46. The van der Waals surface area contributed by atoms with Gasteiger partial charge in [0.2, 0.25) is 0 Å². The molecule has 2 aromatic carbocycles. The molecule has 0 aromatic heterocycles. The predicted octanol–water partition coefficient (Wildman–Crippen LogP) is 3.13. The first-order valence-corrected chi connectivity index (χ1v) is 7.48. The van der Waals surface area contributed by atoms with Crippen molar-refractivity contribution in [1.29, 1.82) is 0 Å². The molecule has 0 unspecified atom stereocenters. The van der Waals surface area contributed by atoms with Crippen LogP contribution in [0.4, 0.5) is 0 Å². The molecule has 0 bridgehead atoms. The van der Waals surface area contributed by atoms with E-state index < -0.39 is 0 Å². The van der Waals surface area contributed by atoms with E-state index in [1.165, 1.54) is 11.6 Å². The van der Waals surface area contributed by atoms with Crippen LogP contribution in [0.3, 0.4) is 0 Å². The predicted molar refractivity (Wildman–Crippen MR) is 87.5 cm³/mol. The summed E-state index contributed by atoms with van der Waals surface area (Å²) in [5.41, 5.74) is 2.07. The molecule has 0 aliphatic rings. The van der Waals surface area contributed by atoms with Crippen molar-refractivity contribution in [2.24, 2.45) is 0 Å². The Balaban J connectivity index is 1.87. The molecule has 0 radical (unpaired) electrons. The first-order valence-electron chi connectivity index (χ1n) is 7.48. The summed E-state index contributed by atoms with van der Waals surface area (Å²) in [6.45, 7) is 4.91. The van der Waals surface area contributed by atoms with Crippen LogP contribution in [-0.2, 0) is 6.42 Å². The Kier molecular flexibility index (Phi) is 5.28. The summed E-state index contributed by atoms with van der Waals surface area (Å²) in [4.78, 5) is 0. The maximum atomic E-state index is 9.54. The molecule has 0 fully saturated rings. The highest BCUT2D eigenvalue weighted by atomic mass is 16.3. The molecule has 4 nitrogen and oxygen atoms in total. The summed E-state index contributed by atoms with van der Waals surface area (Å²) >= 11 is 0. The van der Waals surface area contributed by atoms with E-state index in [1.54, 1.807) is 24.3 Å². The second kappa shape index (κ2) is 7.18. The lowest BCUT2D eigenvalue weighted by Gasteiger charge is -2.18. The lowest BCUT2D eigenvalue weighted by Crippen LogP contribution is -2.31. The zero-order chi connectivity index (χ0) is 16.1. The molecule has 0 aliphatic heterocycles. The average molecular weight is 301 g/mol. The van der Waals surface area contributed by atoms with Crippen LogP contribution in [-0.4, -0.2) is 27.9 Å². The highest BCUT2D eigenvalue weighted by Crippen LogP contribution is 2.25. The first kappa shape index (κ1) is 16.2. The summed E-state index contributed by atoms with van der Waals surface area (Å²) in [5.74, 6) is 0.625. The van der Waals surface area contributed by atoms with Crippen LogP contribution in [0.5, 0.6) is 17.2 Å². The summed E-state index contributed by atoms with van der Waals surface area (Å²) in [7, 11) is 0. The molecule has 4 N–H and O–H groups in total. The van der Waals surface area contributed by atoms with Gasteiger partial charge in [0.1, 0.15) is 17.2 Å². The fourth-order valence-corrected chi connectivity index (χ4v) is 2.46. The van der Waals surface area contributed by atoms with E-state index in [9.17, 15) is 15.3 Å². The van der Waals surface area contributed by atoms with Crippen molar-refractivity contribution in [3.8, 4) is 17.2 Å². The summed E-state index contributed by atoms with van der Waals surface area (Å²) in [6.07, 6.45) is 0.873. The Morgan fingerprint density at radius 1 is 0.864 bits per heavy atom. The fraction of sp³-hybridized carbons (Fsp3) is 0.333. The van der Waals surface area contributed by atoms with Gasteiger partial charge in [0.25, 0.3) is 0 Å². The quantitative estimate of drug-likeness (QED) is 0.661. The van der Waals surface area contributed by atoms with Crippen LogP contribution in [0.2, 0.25) is 0 Å². The molecular weight excluding hydrogens is 278 g/mol. The molecule has 22 heavy (non-hydrogen) atoms. The van der Waals surface area contributed by atoms with E-state index >= 15 is 0 Å². The molecule has 118 valence electrons. The van der Waals surface area contributed by atoms with E-state index in [0.29, 0.717) is 0 Å². The maximum absolute atomic E-state index is 9.54.